The van der Waals surface area contributed by atoms with E-state index < -0.39 is 0 Å². The van der Waals surface area contributed by atoms with Crippen LogP contribution in [0.25, 0.3) is 0 Å². The number of ketones is 1. The molecule has 2 rings (SSSR count). The zero-order valence-electron chi connectivity index (χ0n) is 10.8. The van der Waals surface area contributed by atoms with Crippen LogP contribution in [0, 0.1) is 3.57 Å². The lowest BCUT2D eigenvalue weighted by Gasteiger charge is -2.37. The number of Topliss-reactive ketones (excluding diaryl/α,β-unsaturated/α-hetero) is 1. The number of halogens is 1. The fourth-order valence-electron chi connectivity index (χ4n) is 2.18. The Morgan fingerprint density at radius 1 is 1.39 bits per heavy atom. The lowest BCUT2D eigenvalue weighted by Crippen LogP contribution is -2.45. The molecule has 0 atom stereocenters. The molecule has 0 amide bonds. The first-order chi connectivity index (χ1) is 8.46. The first kappa shape index (κ1) is 14.3. The SMILES string of the molecule is CC1(C)CN(CC(=O)c2ccc(I)cc2)CCS1. The minimum absolute atomic E-state index is 0.231. The summed E-state index contributed by atoms with van der Waals surface area (Å²) >= 11 is 4.25. The van der Waals surface area contributed by atoms with Crippen molar-refractivity contribution in [2.24, 2.45) is 0 Å². The summed E-state index contributed by atoms with van der Waals surface area (Å²) in [5, 5.41) is 0. The Morgan fingerprint density at radius 2 is 2.06 bits per heavy atom. The van der Waals surface area contributed by atoms with Crippen LogP contribution in [-0.2, 0) is 0 Å². The topological polar surface area (TPSA) is 20.3 Å². The highest BCUT2D eigenvalue weighted by atomic mass is 127. The van der Waals surface area contributed by atoms with Gasteiger partial charge < -0.3 is 0 Å². The van der Waals surface area contributed by atoms with Crippen molar-refractivity contribution in [3.05, 3.63) is 33.4 Å². The molecule has 1 aliphatic rings. The van der Waals surface area contributed by atoms with Gasteiger partial charge in [-0.15, -0.1) is 0 Å². The maximum Gasteiger partial charge on any atom is 0.176 e. The van der Waals surface area contributed by atoms with E-state index >= 15 is 0 Å². The molecular formula is C14H18INOS. The summed E-state index contributed by atoms with van der Waals surface area (Å²) in [6.07, 6.45) is 0. The van der Waals surface area contributed by atoms with E-state index in [1.54, 1.807) is 0 Å². The maximum atomic E-state index is 12.2. The van der Waals surface area contributed by atoms with E-state index in [-0.39, 0.29) is 10.5 Å². The van der Waals surface area contributed by atoms with Crippen LogP contribution in [0.2, 0.25) is 0 Å². The minimum atomic E-state index is 0.231. The van der Waals surface area contributed by atoms with Crippen LogP contribution < -0.4 is 0 Å². The second kappa shape index (κ2) is 5.92. The van der Waals surface area contributed by atoms with Crippen LogP contribution in [0.3, 0.4) is 0 Å². The summed E-state index contributed by atoms with van der Waals surface area (Å²) < 4.78 is 1.43. The quantitative estimate of drug-likeness (QED) is 0.597. The molecule has 4 heteroatoms. The molecule has 1 aromatic carbocycles. The van der Waals surface area contributed by atoms with Crippen molar-refractivity contribution in [3.63, 3.8) is 0 Å². The third-order valence-electron chi connectivity index (χ3n) is 3.04. The largest absolute Gasteiger partial charge is 0.294 e. The van der Waals surface area contributed by atoms with Crippen molar-refractivity contribution in [3.8, 4) is 0 Å². The Bertz CT molecular complexity index is 430. The van der Waals surface area contributed by atoms with Crippen molar-refractivity contribution in [2.75, 3.05) is 25.4 Å². The van der Waals surface area contributed by atoms with Gasteiger partial charge in [-0.25, -0.2) is 0 Å². The van der Waals surface area contributed by atoms with E-state index in [1.807, 2.05) is 36.0 Å². The molecule has 0 spiro atoms. The number of carbonyl (C=O) groups excluding carboxylic acids is 1. The van der Waals surface area contributed by atoms with Gasteiger partial charge in [0.1, 0.15) is 0 Å². The summed E-state index contributed by atoms with van der Waals surface area (Å²) in [5.41, 5.74) is 0.825. The molecule has 1 heterocycles. The molecule has 2 nitrogen and oxygen atoms in total. The molecule has 0 bridgehead atoms. The highest BCUT2D eigenvalue weighted by molar-refractivity contribution is 14.1. The molecule has 98 valence electrons. The Morgan fingerprint density at radius 3 is 2.67 bits per heavy atom. The molecule has 18 heavy (non-hydrogen) atoms. The second-order valence-corrected chi connectivity index (χ2v) is 8.30. The number of thioether (sulfide) groups is 1. The third kappa shape index (κ3) is 3.96. The average Bonchev–Trinajstić information content (AvgIpc) is 2.28. The molecule has 0 saturated carbocycles. The Kier molecular flexibility index (Phi) is 4.72. The van der Waals surface area contributed by atoms with E-state index in [9.17, 15) is 4.79 Å². The summed E-state index contributed by atoms with van der Waals surface area (Å²) in [5.74, 6) is 1.35. The Hall–Kier alpha value is -0.0700. The number of hydrogen-bond donors (Lipinski definition) is 0. The van der Waals surface area contributed by atoms with Crippen molar-refractivity contribution >= 4 is 40.1 Å². The zero-order valence-corrected chi connectivity index (χ0v) is 13.8. The van der Waals surface area contributed by atoms with Gasteiger partial charge in [0, 0.05) is 32.7 Å². The van der Waals surface area contributed by atoms with Gasteiger partial charge in [-0.05, 0) is 48.6 Å². The molecule has 1 aliphatic heterocycles. The molecule has 1 aromatic rings. The molecule has 1 saturated heterocycles. The van der Waals surface area contributed by atoms with Crippen molar-refractivity contribution in [1.82, 2.24) is 4.90 Å². The first-order valence-corrected chi connectivity index (χ1v) is 8.18. The number of hydrogen-bond acceptors (Lipinski definition) is 3. The summed E-state index contributed by atoms with van der Waals surface area (Å²) in [6, 6.07) is 7.83. The number of nitrogens with zero attached hydrogens (tertiary/aromatic N) is 1. The normalized spacial score (nSPS) is 19.7. The molecule has 0 N–H and O–H groups in total. The van der Waals surface area contributed by atoms with Gasteiger partial charge in [-0.1, -0.05) is 12.1 Å². The van der Waals surface area contributed by atoms with Crippen molar-refractivity contribution in [2.45, 2.75) is 18.6 Å². The van der Waals surface area contributed by atoms with Crippen LogP contribution in [0.15, 0.2) is 24.3 Å². The fourth-order valence-corrected chi connectivity index (χ4v) is 3.71. The van der Waals surface area contributed by atoms with Gasteiger partial charge in [0.05, 0.1) is 6.54 Å². The van der Waals surface area contributed by atoms with Crippen LogP contribution in [0.4, 0.5) is 0 Å². The number of benzene rings is 1. The van der Waals surface area contributed by atoms with E-state index in [4.69, 9.17) is 0 Å². The van der Waals surface area contributed by atoms with Gasteiger partial charge >= 0.3 is 0 Å². The van der Waals surface area contributed by atoms with Crippen LogP contribution in [0.5, 0.6) is 0 Å². The van der Waals surface area contributed by atoms with Crippen LogP contribution >= 0.6 is 34.4 Å². The summed E-state index contributed by atoms with van der Waals surface area (Å²) in [6.45, 7) is 7.06. The standard InChI is InChI=1S/C14H18INOS/c1-14(2)10-16(7-8-18-14)9-13(17)11-3-5-12(15)6-4-11/h3-6H,7-10H2,1-2H3. The van der Waals surface area contributed by atoms with E-state index in [0.717, 1.165) is 24.4 Å². The third-order valence-corrected chi connectivity index (χ3v) is 5.05. The van der Waals surface area contributed by atoms with Gasteiger partial charge in [-0.2, -0.15) is 11.8 Å². The Balaban J connectivity index is 1.97. The van der Waals surface area contributed by atoms with Crippen LogP contribution in [-0.4, -0.2) is 40.8 Å². The van der Waals surface area contributed by atoms with Gasteiger partial charge in [0.2, 0.25) is 0 Å². The van der Waals surface area contributed by atoms with E-state index in [1.165, 1.54) is 3.57 Å². The lowest BCUT2D eigenvalue weighted by atomic mass is 10.1. The highest BCUT2D eigenvalue weighted by Crippen LogP contribution is 2.29. The van der Waals surface area contributed by atoms with E-state index in [0.29, 0.717) is 6.54 Å². The van der Waals surface area contributed by atoms with E-state index in [2.05, 4.69) is 41.3 Å². The minimum Gasteiger partial charge on any atom is -0.294 e. The smallest absolute Gasteiger partial charge is 0.176 e. The zero-order chi connectivity index (χ0) is 13.2. The highest BCUT2D eigenvalue weighted by Gasteiger charge is 2.27. The molecule has 1 fully saturated rings. The number of rotatable bonds is 3. The fraction of sp³-hybridized carbons (Fsp3) is 0.500. The Labute approximate surface area is 127 Å². The average molecular weight is 375 g/mol. The number of carbonyl (C=O) groups is 1. The van der Waals surface area contributed by atoms with Gasteiger partial charge in [0.15, 0.2) is 5.78 Å². The summed E-state index contributed by atoms with van der Waals surface area (Å²) in [7, 11) is 0. The van der Waals surface area contributed by atoms with Gasteiger partial charge in [-0.3, -0.25) is 9.69 Å². The second-order valence-electron chi connectivity index (χ2n) is 5.25. The lowest BCUT2D eigenvalue weighted by molar-refractivity contribution is 0.0927. The van der Waals surface area contributed by atoms with Crippen LogP contribution in [0.1, 0.15) is 24.2 Å². The predicted molar refractivity (Wildman–Crippen MR) is 86.5 cm³/mol. The molecule has 0 aliphatic carbocycles. The molecule has 0 radical (unpaired) electrons. The first-order valence-electron chi connectivity index (χ1n) is 6.11. The maximum absolute atomic E-state index is 12.2. The predicted octanol–water partition coefficient (Wildman–Crippen LogP) is 3.30. The summed E-state index contributed by atoms with van der Waals surface area (Å²) in [4.78, 5) is 14.5. The van der Waals surface area contributed by atoms with Crippen molar-refractivity contribution < 1.29 is 4.79 Å². The molecular weight excluding hydrogens is 357 g/mol. The molecule has 0 unspecified atom stereocenters. The van der Waals surface area contributed by atoms with Gasteiger partial charge in [0.25, 0.3) is 0 Å². The van der Waals surface area contributed by atoms with Crippen molar-refractivity contribution in [1.29, 1.82) is 0 Å². The molecule has 0 aromatic heterocycles. The monoisotopic (exact) mass is 375 g/mol.